The first kappa shape index (κ1) is 6.45. The first-order valence-electron chi connectivity index (χ1n) is 2.48. The van der Waals surface area contributed by atoms with Gasteiger partial charge in [-0.25, -0.2) is 0 Å². The molecule has 9 heavy (non-hydrogen) atoms. The Morgan fingerprint density at radius 3 is 2.22 bits per heavy atom. The smallest absolute Gasteiger partial charge is 0.115 e. The molecule has 0 amide bonds. The molecule has 2 nitrogen and oxygen atoms in total. The van der Waals surface area contributed by atoms with Crippen LogP contribution < -0.4 is 5.14 Å². The summed E-state index contributed by atoms with van der Waals surface area (Å²) >= 11 is 1.17. The first-order valence-corrected chi connectivity index (χ1v) is 3.36. The van der Waals surface area contributed by atoms with Gasteiger partial charge in [-0.15, -0.1) is 0 Å². The molecule has 3 N–H and O–H groups in total. The Labute approximate surface area is 57.8 Å². The van der Waals surface area contributed by atoms with Gasteiger partial charge in [0.15, 0.2) is 0 Å². The van der Waals surface area contributed by atoms with E-state index in [2.05, 4.69) is 0 Å². The van der Waals surface area contributed by atoms with Gasteiger partial charge in [-0.1, -0.05) is 0 Å². The molecular formula is C6H7NOS. The topological polar surface area (TPSA) is 46.2 Å². The summed E-state index contributed by atoms with van der Waals surface area (Å²) in [4.78, 5) is 0.952. The maximum atomic E-state index is 8.80. The summed E-state index contributed by atoms with van der Waals surface area (Å²) < 4.78 is 0. The lowest BCUT2D eigenvalue weighted by atomic mass is 10.3. The van der Waals surface area contributed by atoms with Crippen LogP contribution >= 0.6 is 11.9 Å². The van der Waals surface area contributed by atoms with Crippen molar-refractivity contribution in [3.63, 3.8) is 0 Å². The number of aromatic hydroxyl groups is 1. The van der Waals surface area contributed by atoms with E-state index in [1.807, 2.05) is 0 Å². The Morgan fingerprint density at radius 2 is 1.78 bits per heavy atom. The number of hydrogen-bond donors (Lipinski definition) is 2. The standard InChI is InChI=1S/C6H7NOS/c7-9-6-3-1-5(8)2-4-6/h1-4,8H,7H2. The highest BCUT2D eigenvalue weighted by Gasteiger charge is 1.87. The van der Waals surface area contributed by atoms with Crippen LogP contribution in [0.2, 0.25) is 0 Å². The molecule has 0 bridgehead atoms. The van der Waals surface area contributed by atoms with Crippen LogP contribution in [0.4, 0.5) is 0 Å². The monoisotopic (exact) mass is 141 g/mol. The maximum Gasteiger partial charge on any atom is 0.115 e. The zero-order valence-corrected chi connectivity index (χ0v) is 5.56. The highest BCUT2D eigenvalue weighted by molar-refractivity contribution is 7.97. The molecule has 0 saturated carbocycles. The molecule has 0 heterocycles. The van der Waals surface area contributed by atoms with E-state index < -0.39 is 0 Å². The van der Waals surface area contributed by atoms with E-state index in [-0.39, 0.29) is 5.75 Å². The molecule has 0 aliphatic carbocycles. The molecular weight excluding hydrogens is 134 g/mol. The third-order valence-corrected chi connectivity index (χ3v) is 1.52. The summed E-state index contributed by atoms with van der Waals surface area (Å²) in [7, 11) is 0. The van der Waals surface area contributed by atoms with Crippen molar-refractivity contribution in [3.05, 3.63) is 24.3 Å². The Kier molecular flexibility index (Phi) is 1.97. The fourth-order valence-corrected chi connectivity index (χ4v) is 0.818. The Hall–Kier alpha value is -0.670. The minimum absolute atomic E-state index is 0.271. The summed E-state index contributed by atoms with van der Waals surface area (Å²) in [6.45, 7) is 0. The Morgan fingerprint density at radius 1 is 1.22 bits per heavy atom. The summed E-state index contributed by atoms with van der Waals surface area (Å²) in [6, 6.07) is 6.74. The van der Waals surface area contributed by atoms with Crippen molar-refractivity contribution in [2.24, 2.45) is 5.14 Å². The van der Waals surface area contributed by atoms with Crippen molar-refractivity contribution >= 4 is 11.9 Å². The molecule has 3 heteroatoms. The van der Waals surface area contributed by atoms with Crippen molar-refractivity contribution in [1.29, 1.82) is 0 Å². The third kappa shape index (κ3) is 1.62. The van der Waals surface area contributed by atoms with Crippen molar-refractivity contribution in [2.45, 2.75) is 4.90 Å². The number of phenols is 1. The first-order chi connectivity index (χ1) is 4.33. The fourth-order valence-electron chi connectivity index (χ4n) is 0.525. The molecule has 48 valence electrons. The molecule has 0 spiro atoms. The average molecular weight is 141 g/mol. The normalized spacial score (nSPS) is 9.44. The van der Waals surface area contributed by atoms with Crippen LogP contribution in [-0.2, 0) is 0 Å². The molecule has 1 rings (SSSR count). The van der Waals surface area contributed by atoms with Crippen molar-refractivity contribution in [3.8, 4) is 5.75 Å². The summed E-state index contributed by atoms with van der Waals surface area (Å²) in [6.07, 6.45) is 0. The van der Waals surface area contributed by atoms with Gasteiger partial charge in [-0.2, -0.15) is 0 Å². The van der Waals surface area contributed by atoms with E-state index in [1.165, 1.54) is 11.9 Å². The number of hydrogen-bond acceptors (Lipinski definition) is 3. The lowest BCUT2D eigenvalue weighted by Crippen LogP contribution is -1.76. The third-order valence-electron chi connectivity index (χ3n) is 0.973. The lowest BCUT2D eigenvalue weighted by molar-refractivity contribution is 0.475. The molecule has 1 aromatic carbocycles. The predicted octanol–water partition coefficient (Wildman–Crippen LogP) is 1.36. The zero-order chi connectivity index (χ0) is 6.69. The molecule has 0 aliphatic rings. The van der Waals surface area contributed by atoms with Gasteiger partial charge in [0.25, 0.3) is 0 Å². The molecule has 0 atom stereocenters. The summed E-state index contributed by atoms with van der Waals surface area (Å²) in [5.74, 6) is 0.271. The number of nitrogens with two attached hydrogens (primary N) is 1. The molecule has 1 aromatic rings. The predicted molar refractivity (Wildman–Crippen MR) is 38.2 cm³/mol. The van der Waals surface area contributed by atoms with Crippen LogP contribution in [0.25, 0.3) is 0 Å². The van der Waals surface area contributed by atoms with Crippen molar-refractivity contribution in [1.82, 2.24) is 0 Å². The summed E-state index contributed by atoms with van der Waals surface area (Å²) in [5, 5.41) is 14.0. The molecule has 0 fully saturated rings. The van der Waals surface area contributed by atoms with Gasteiger partial charge < -0.3 is 5.11 Å². The highest BCUT2D eigenvalue weighted by Crippen LogP contribution is 2.15. The molecule has 0 aliphatic heterocycles. The van der Waals surface area contributed by atoms with E-state index in [0.29, 0.717) is 0 Å². The molecule has 0 radical (unpaired) electrons. The lowest BCUT2D eigenvalue weighted by Gasteiger charge is -1.92. The minimum atomic E-state index is 0.271. The Bertz CT molecular complexity index is 185. The number of benzene rings is 1. The summed E-state index contributed by atoms with van der Waals surface area (Å²) in [5.41, 5.74) is 0. The van der Waals surface area contributed by atoms with Crippen LogP contribution in [0.3, 0.4) is 0 Å². The molecule has 0 aromatic heterocycles. The second-order valence-electron chi connectivity index (χ2n) is 1.61. The van der Waals surface area contributed by atoms with Gasteiger partial charge in [0.1, 0.15) is 5.75 Å². The fraction of sp³-hybridized carbons (Fsp3) is 0. The van der Waals surface area contributed by atoms with Crippen molar-refractivity contribution < 1.29 is 5.11 Å². The second kappa shape index (κ2) is 2.75. The van der Waals surface area contributed by atoms with Gasteiger partial charge in [-0.05, 0) is 36.2 Å². The average Bonchev–Trinajstić information content (AvgIpc) is 1.90. The zero-order valence-electron chi connectivity index (χ0n) is 4.74. The maximum absolute atomic E-state index is 8.80. The minimum Gasteiger partial charge on any atom is -0.508 e. The van der Waals surface area contributed by atoms with Gasteiger partial charge in [0, 0.05) is 4.90 Å². The second-order valence-corrected chi connectivity index (χ2v) is 2.32. The van der Waals surface area contributed by atoms with E-state index in [4.69, 9.17) is 10.2 Å². The molecule has 0 saturated heterocycles. The van der Waals surface area contributed by atoms with Gasteiger partial charge in [-0.3, -0.25) is 5.14 Å². The largest absolute Gasteiger partial charge is 0.508 e. The van der Waals surface area contributed by atoms with Crippen molar-refractivity contribution in [2.75, 3.05) is 0 Å². The Balaban J connectivity index is 2.88. The van der Waals surface area contributed by atoms with E-state index in [0.717, 1.165) is 4.90 Å². The molecule has 0 unspecified atom stereocenters. The number of phenolic OH excluding ortho intramolecular Hbond substituents is 1. The van der Waals surface area contributed by atoms with Crippen LogP contribution in [0.1, 0.15) is 0 Å². The van der Waals surface area contributed by atoms with E-state index in [9.17, 15) is 0 Å². The van der Waals surface area contributed by atoms with Crippen LogP contribution in [-0.4, -0.2) is 5.11 Å². The van der Waals surface area contributed by atoms with Gasteiger partial charge >= 0.3 is 0 Å². The van der Waals surface area contributed by atoms with Gasteiger partial charge in [0.2, 0.25) is 0 Å². The quantitative estimate of drug-likeness (QED) is 0.580. The number of rotatable bonds is 1. The van der Waals surface area contributed by atoms with Crippen LogP contribution in [0.5, 0.6) is 5.75 Å². The van der Waals surface area contributed by atoms with Crippen LogP contribution in [0, 0.1) is 0 Å². The SMILES string of the molecule is NSc1ccc(O)cc1. The van der Waals surface area contributed by atoms with Crippen LogP contribution in [0.15, 0.2) is 29.2 Å². The van der Waals surface area contributed by atoms with Gasteiger partial charge in [0.05, 0.1) is 0 Å². The highest BCUT2D eigenvalue weighted by atomic mass is 32.2. The van der Waals surface area contributed by atoms with E-state index in [1.54, 1.807) is 24.3 Å². The van der Waals surface area contributed by atoms with E-state index >= 15 is 0 Å².